The largest absolute Gasteiger partial charge is 0.469 e. The van der Waals surface area contributed by atoms with Crippen molar-refractivity contribution in [2.75, 3.05) is 6.54 Å². The zero-order valence-electron chi connectivity index (χ0n) is 27.5. The van der Waals surface area contributed by atoms with Crippen LogP contribution in [0.4, 0.5) is 0 Å². The molecule has 7 N–H and O–H groups in total. The van der Waals surface area contributed by atoms with Crippen molar-refractivity contribution in [3.8, 4) is 0 Å². The second-order valence-corrected chi connectivity index (χ2v) is 11.5. The van der Waals surface area contributed by atoms with Crippen LogP contribution in [-0.2, 0) is 35.2 Å². The van der Waals surface area contributed by atoms with E-state index in [9.17, 15) is 33.6 Å². The van der Waals surface area contributed by atoms with E-state index >= 15 is 0 Å². The number of rotatable bonds is 9. The van der Waals surface area contributed by atoms with Gasteiger partial charge in [0.25, 0.3) is 5.91 Å². The molecule has 4 atom stereocenters. The van der Waals surface area contributed by atoms with Crippen molar-refractivity contribution in [2.45, 2.75) is 56.3 Å². The first-order chi connectivity index (χ1) is 24.6. The summed E-state index contributed by atoms with van der Waals surface area (Å²) in [5.41, 5.74) is 6.28. The number of primary amides is 1. The summed E-state index contributed by atoms with van der Waals surface area (Å²) in [5, 5.41) is 12.8. The number of hydrogen-bond acceptors (Lipinski definition) is 10. The molecule has 1 aromatic carbocycles. The van der Waals surface area contributed by atoms with Gasteiger partial charge in [-0.15, -0.1) is 0 Å². The van der Waals surface area contributed by atoms with Crippen LogP contribution in [0.1, 0.15) is 47.5 Å². The maximum atomic E-state index is 13.8. The van der Waals surface area contributed by atoms with Crippen molar-refractivity contribution in [1.82, 2.24) is 36.6 Å². The van der Waals surface area contributed by atoms with Crippen LogP contribution in [0, 0.1) is 0 Å². The fourth-order valence-electron chi connectivity index (χ4n) is 5.00. The van der Waals surface area contributed by atoms with Gasteiger partial charge in [-0.05, 0) is 37.0 Å². The summed E-state index contributed by atoms with van der Waals surface area (Å²) in [6, 6.07) is 7.41. The predicted molar refractivity (Wildman–Crippen MR) is 182 cm³/mol. The van der Waals surface area contributed by atoms with Gasteiger partial charge >= 0.3 is 0 Å². The lowest BCUT2D eigenvalue weighted by atomic mass is 10.0. The van der Waals surface area contributed by atoms with Gasteiger partial charge in [0.05, 0.1) is 12.5 Å². The summed E-state index contributed by atoms with van der Waals surface area (Å²) in [4.78, 5) is 99.1. The van der Waals surface area contributed by atoms with Crippen LogP contribution in [0.5, 0.6) is 0 Å². The van der Waals surface area contributed by atoms with Gasteiger partial charge in [-0.2, -0.15) is 0 Å². The normalized spacial score (nSPS) is 21.1. The minimum atomic E-state index is -1.30. The Bertz CT molecular complexity index is 1750. The first kappa shape index (κ1) is 37.4. The van der Waals surface area contributed by atoms with Gasteiger partial charge in [-0.3, -0.25) is 38.5 Å². The Morgan fingerprint density at radius 2 is 1.61 bits per heavy atom. The minimum Gasteiger partial charge on any atom is -0.469 e. The summed E-state index contributed by atoms with van der Waals surface area (Å²) >= 11 is 0. The van der Waals surface area contributed by atoms with Gasteiger partial charge in [0.1, 0.15) is 35.6 Å². The number of hydrogen-bond donors (Lipinski definition) is 6. The number of aromatic nitrogens is 2. The maximum Gasteiger partial charge on any atom is 0.271 e. The van der Waals surface area contributed by atoms with Gasteiger partial charge in [0.2, 0.25) is 29.5 Å². The SMILES string of the molecule is NC(=O)C1CCCC(=O)C(CNC(=O)c2cnccn2)NC(=O)C(Cc2ccco2)NC(=O)C(C/C=C/c2ccccc2)NC(=O)C=CC(=O)N1. The van der Waals surface area contributed by atoms with Gasteiger partial charge < -0.3 is 36.7 Å². The van der Waals surface area contributed by atoms with Crippen molar-refractivity contribution in [1.29, 1.82) is 0 Å². The Morgan fingerprint density at radius 3 is 2.29 bits per heavy atom. The van der Waals surface area contributed by atoms with Crippen LogP contribution < -0.4 is 32.3 Å². The van der Waals surface area contributed by atoms with Crippen molar-refractivity contribution < 1.29 is 38.0 Å². The molecule has 51 heavy (non-hydrogen) atoms. The number of nitrogens with zero attached hydrogens (tertiary/aromatic N) is 2. The Morgan fingerprint density at radius 1 is 0.882 bits per heavy atom. The molecule has 0 radical (unpaired) electrons. The van der Waals surface area contributed by atoms with Crippen LogP contribution in [0.15, 0.2) is 90.0 Å². The van der Waals surface area contributed by atoms with Crippen molar-refractivity contribution in [3.05, 3.63) is 103 Å². The molecule has 1 aliphatic heterocycles. The van der Waals surface area contributed by atoms with Crippen LogP contribution in [-0.4, -0.2) is 81.9 Å². The smallest absolute Gasteiger partial charge is 0.271 e. The molecule has 0 bridgehead atoms. The Kier molecular flexibility index (Phi) is 13.9. The monoisotopic (exact) mass is 698 g/mol. The summed E-state index contributed by atoms with van der Waals surface area (Å²) in [5.74, 6) is -4.83. The van der Waals surface area contributed by atoms with E-state index in [1.807, 2.05) is 30.3 Å². The lowest BCUT2D eigenvalue weighted by Crippen LogP contribution is -2.57. The molecule has 0 saturated carbocycles. The molecule has 266 valence electrons. The lowest BCUT2D eigenvalue weighted by Gasteiger charge is -2.25. The van der Waals surface area contributed by atoms with E-state index < -0.39 is 65.4 Å². The van der Waals surface area contributed by atoms with Gasteiger partial charge in [0.15, 0.2) is 5.78 Å². The third kappa shape index (κ3) is 12.2. The first-order valence-electron chi connectivity index (χ1n) is 16.1. The number of carbonyl (C=O) groups is 7. The molecule has 6 amide bonds. The van der Waals surface area contributed by atoms with Crippen LogP contribution >= 0.6 is 0 Å². The molecule has 0 fully saturated rings. The number of carbonyl (C=O) groups excluding carboxylic acids is 7. The van der Waals surface area contributed by atoms with Crippen molar-refractivity contribution >= 4 is 47.3 Å². The molecule has 3 heterocycles. The average Bonchev–Trinajstić information content (AvgIpc) is 3.64. The molecule has 16 nitrogen and oxygen atoms in total. The zero-order chi connectivity index (χ0) is 36.6. The fourth-order valence-corrected chi connectivity index (χ4v) is 5.00. The van der Waals surface area contributed by atoms with Crippen molar-refractivity contribution in [3.63, 3.8) is 0 Å². The number of amides is 6. The van der Waals surface area contributed by atoms with E-state index in [0.29, 0.717) is 5.76 Å². The van der Waals surface area contributed by atoms with E-state index in [0.717, 1.165) is 17.7 Å². The number of ketones is 1. The van der Waals surface area contributed by atoms with E-state index in [1.165, 1.54) is 24.9 Å². The molecule has 16 heteroatoms. The van der Waals surface area contributed by atoms with E-state index in [1.54, 1.807) is 24.3 Å². The van der Waals surface area contributed by atoms with E-state index in [-0.39, 0.29) is 44.3 Å². The van der Waals surface area contributed by atoms with Crippen LogP contribution in [0.3, 0.4) is 0 Å². The Balaban J connectivity index is 1.63. The molecule has 0 aliphatic carbocycles. The number of nitrogens with two attached hydrogens (primary N) is 1. The highest BCUT2D eigenvalue weighted by Crippen LogP contribution is 2.10. The summed E-state index contributed by atoms with van der Waals surface area (Å²) in [6.45, 7) is -0.356. The van der Waals surface area contributed by atoms with E-state index in [4.69, 9.17) is 10.2 Å². The summed E-state index contributed by atoms with van der Waals surface area (Å²) in [7, 11) is 0. The standard InChI is InChI=1S/C35H38N8O8/c36-32(47)24-11-5-13-29(44)27(21-39-33(48)28-20-37-16-17-38-28)43-35(50)26(19-23-10-6-18-51-23)42-34(49)25(41-31(46)15-14-30(45)40-24)12-4-9-22-7-2-1-3-8-22/h1-4,6-10,14-18,20,24-27H,5,11-13,19,21H2,(H2,36,47)(H,39,48)(H,40,45)(H,41,46)(H,42,49)(H,43,50)/b9-4+,15-14?. The van der Waals surface area contributed by atoms with Gasteiger partial charge in [0, 0.05) is 43.9 Å². The quantitative estimate of drug-likeness (QED) is 0.173. The molecule has 3 aromatic rings. The number of furan rings is 1. The number of nitrogens with one attached hydrogen (secondary N) is 5. The number of Topliss-reactive ketones (excluding diaryl/α,β-unsaturated/α-hetero) is 1. The molecular weight excluding hydrogens is 660 g/mol. The molecule has 0 saturated heterocycles. The molecule has 4 unspecified atom stereocenters. The second-order valence-electron chi connectivity index (χ2n) is 11.5. The van der Waals surface area contributed by atoms with E-state index in [2.05, 4.69) is 36.6 Å². The third-order valence-electron chi connectivity index (χ3n) is 7.66. The summed E-state index contributed by atoms with van der Waals surface area (Å²) < 4.78 is 5.42. The molecular formula is C35H38N8O8. The Labute approximate surface area is 292 Å². The summed E-state index contributed by atoms with van der Waals surface area (Å²) in [6.07, 6.45) is 10.2. The fraction of sp³-hybridized carbons (Fsp3) is 0.286. The third-order valence-corrected chi connectivity index (χ3v) is 7.66. The van der Waals surface area contributed by atoms with Gasteiger partial charge in [-0.1, -0.05) is 42.5 Å². The zero-order valence-corrected chi connectivity index (χ0v) is 27.5. The lowest BCUT2D eigenvalue weighted by molar-refractivity contribution is -0.133. The highest BCUT2D eigenvalue weighted by molar-refractivity contribution is 6.00. The minimum absolute atomic E-state index is 0.0130. The second kappa shape index (κ2) is 18.9. The maximum absolute atomic E-state index is 13.8. The van der Waals surface area contributed by atoms with Crippen LogP contribution in [0.25, 0.3) is 6.08 Å². The molecule has 0 spiro atoms. The first-order valence-corrected chi connectivity index (χ1v) is 16.1. The van der Waals surface area contributed by atoms with Crippen LogP contribution in [0.2, 0.25) is 0 Å². The van der Waals surface area contributed by atoms with Crippen molar-refractivity contribution in [2.24, 2.45) is 5.73 Å². The topological polar surface area (TPSA) is 245 Å². The average molecular weight is 699 g/mol. The molecule has 4 rings (SSSR count). The molecule has 2 aromatic heterocycles. The highest BCUT2D eigenvalue weighted by Gasteiger charge is 2.31. The highest BCUT2D eigenvalue weighted by atomic mass is 16.3. The predicted octanol–water partition coefficient (Wildman–Crippen LogP) is -0.121. The number of benzene rings is 1. The Hall–Kier alpha value is -6.45. The van der Waals surface area contributed by atoms with Gasteiger partial charge in [-0.25, -0.2) is 4.98 Å². The molecule has 1 aliphatic rings.